The van der Waals surface area contributed by atoms with Crippen LogP contribution in [0.25, 0.3) is 0 Å². The van der Waals surface area contributed by atoms with E-state index in [2.05, 4.69) is 0 Å². The van der Waals surface area contributed by atoms with Crippen LogP contribution in [0.2, 0.25) is 10.0 Å². The molecule has 1 aliphatic rings. The van der Waals surface area contributed by atoms with E-state index in [1.807, 2.05) is 0 Å². The van der Waals surface area contributed by atoms with Crippen molar-refractivity contribution in [2.75, 3.05) is 19.7 Å². The van der Waals surface area contributed by atoms with Gasteiger partial charge in [-0.05, 0) is 30.3 Å². The Morgan fingerprint density at radius 1 is 1.07 bits per heavy atom. The van der Waals surface area contributed by atoms with Crippen LogP contribution in [0, 0.1) is 11.6 Å². The molecule has 0 unspecified atom stereocenters. The van der Waals surface area contributed by atoms with Crippen molar-refractivity contribution in [1.82, 2.24) is 4.90 Å². The van der Waals surface area contributed by atoms with Crippen LogP contribution in [-0.4, -0.2) is 36.6 Å². The Balaban J connectivity index is 1.47. The van der Waals surface area contributed by atoms with E-state index < -0.39 is 11.6 Å². The van der Waals surface area contributed by atoms with Gasteiger partial charge in [-0.1, -0.05) is 23.2 Å². The number of rotatable bonds is 5. The lowest BCUT2D eigenvalue weighted by molar-refractivity contribution is -0.135. The van der Waals surface area contributed by atoms with Gasteiger partial charge in [0.2, 0.25) is 0 Å². The summed E-state index contributed by atoms with van der Waals surface area (Å²) in [4.78, 5) is 14.0. The van der Waals surface area contributed by atoms with Crippen LogP contribution in [0.5, 0.6) is 11.5 Å². The number of amides is 1. The molecule has 1 saturated heterocycles. The third-order valence-corrected chi connectivity index (χ3v) is 4.76. The summed E-state index contributed by atoms with van der Waals surface area (Å²) >= 11 is 11.8. The highest BCUT2D eigenvalue weighted by Gasteiger charge is 2.25. The average Bonchev–Trinajstić information content (AvgIpc) is 2.64. The van der Waals surface area contributed by atoms with Gasteiger partial charge in [0.15, 0.2) is 18.2 Å². The average molecular weight is 416 g/mol. The minimum Gasteiger partial charge on any atom is -0.487 e. The molecule has 0 N–H and O–H groups in total. The second-order valence-corrected chi connectivity index (χ2v) is 6.98. The van der Waals surface area contributed by atoms with Crippen molar-refractivity contribution in [2.45, 2.75) is 18.9 Å². The second-order valence-electron chi connectivity index (χ2n) is 6.14. The zero-order valence-corrected chi connectivity index (χ0v) is 15.8. The third-order valence-electron chi connectivity index (χ3n) is 4.23. The van der Waals surface area contributed by atoms with Crippen molar-refractivity contribution in [1.29, 1.82) is 0 Å². The van der Waals surface area contributed by atoms with Crippen LogP contribution in [0.1, 0.15) is 12.8 Å². The molecular weight excluding hydrogens is 399 g/mol. The Hall–Kier alpha value is -2.05. The van der Waals surface area contributed by atoms with Crippen LogP contribution < -0.4 is 9.47 Å². The Bertz CT molecular complexity index is 827. The Morgan fingerprint density at radius 3 is 2.44 bits per heavy atom. The van der Waals surface area contributed by atoms with Crippen LogP contribution in [0.4, 0.5) is 8.78 Å². The third kappa shape index (κ3) is 5.23. The molecule has 1 fully saturated rings. The van der Waals surface area contributed by atoms with Crippen molar-refractivity contribution >= 4 is 29.1 Å². The second kappa shape index (κ2) is 8.76. The van der Waals surface area contributed by atoms with Gasteiger partial charge in [0.25, 0.3) is 5.91 Å². The van der Waals surface area contributed by atoms with Crippen molar-refractivity contribution in [3.8, 4) is 11.5 Å². The number of nitrogens with zero attached hydrogens (tertiary/aromatic N) is 1. The minimum absolute atomic E-state index is 0.0156. The van der Waals surface area contributed by atoms with Gasteiger partial charge in [0.05, 0.1) is 5.02 Å². The molecule has 8 heteroatoms. The van der Waals surface area contributed by atoms with E-state index in [9.17, 15) is 13.6 Å². The van der Waals surface area contributed by atoms with Gasteiger partial charge in [-0.25, -0.2) is 8.78 Å². The first-order chi connectivity index (χ1) is 12.9. The first kappa shape index (κ1) is 19.7. The first-order valence-corrected chi connectivity index (χ1v) is 9.15. The number of hydrogen-bond acceptors (Lipinski definition) is 3. The van der Waals surface area contributed by atoms with Gasteiger partial charge in [-0.2, -0.15) is 0 Å². The molecule has 0 radical (unpaired) electrons. The summed E-state index contributed by atoms with van der Waals surface area (Å²) in [7, 11) is 0. The predicted molar refractivity (Wildman–Crippen MR) is 98.5 cm³/mol. The van der Waals surface area contributed by atoms with Crippen LogP contribution >= 0.6 is 23.2 Å². The van der Waals surface area contributed by atoms with Crippen molar-refractivity contribution in [2.24, 2.45) is 0 Å². The maximum atomic E-state index is 13.7. The van der Waals surface area contributed by atoms with Gasteiger partial charge in [0, 0.05) is 37.0 Å². The minimum atomic E-state index is -0.734. The summed E-state index contributed by atoms with van der Waals surface area (Å²) in [5, 5.41) is 0.821. The Morgan fingerprint density at radius 2 is 1.78 bits per heavy atom. The lowest BCUT2D eigenvalue weighted by Gasteiger charge is -2.32. The quantitative estimate of drug-likeness (QED) is 0.708. The molecule has 2 aromatic carbocycles. The number of carbonyl (C=O) groups is 1. The highest BCUT2D eigenvalue weighted by molar-refractivity contribution is 6.35. The lowest BCUT2D eigenvalue weighted by Crippen LogP contribution is -2.43. The molecule has 144 valence electrons. The highest BCUT2D eigenvalue weighted by atomic mass is 35.5. The van der Waals surface area contributed by atoms with E-state index in [0.717, 1.165) is 12.1 Å². The molecule has 1 amide bonds. The number of piperidine rings is 1. The number of hydrogen-bond donors (Lipinski definition) is 0. The summed E-state index contributed by atoms with van der Waals surface area (Å²) in [6.45, 7) is 0.785. The first-order valence-electron chi connectivity index (χ1n) is 8.39. The molecule has 0 saturated carbocycles. The van der Waals surface area contributed by atoms with Crippen molar-refractivity contribution in [3.63, 3.8) is 0 Å². The predicted octanol–water partition coefficient (Wildman–Crippen LogP) is 4.72. The molecule has 4 nitrogen and oxygen atoms in total. The lowest BCUT2D eigenvalue weighted by atomic mass is 10.1. The van der Waals surface area contributed by atoms with E-state index in [4.69, 9.17) is 32.7 Å². The number of carbonyl (C=O) groups excluding carboxylic acids is 1. The van der Waals surface area contributed by atoms with Crippen molar-refractivity contribution in [3.05, 3.63) is 58.1 Å². The molecule has 0 aliphatic carbocycles. The largest absolute Gasteiger partial charge is 0.487 e. The number of ether oxygens (including phenoxy) is 2. The maximum Gasteiger partial charge on any atom is 0.260 e. The summed E-state index contributed by atoms with van der Waals surface area (Å²) < 4.78 is 37.6. The molecule has 0 atom stereocenters. The molecule has 0 bridgehead atoms. The smallest absolute Gasteiger partial charge is 0.260 e. The van der Waals surface area contributed by atoms with E-state index in [-0.39, 0.29) is 24.4 Å². The monoisotopic (exact) mass is 415 g/mol. The van der Waals surface area contributed by atoms with Crippen LogP contribution in [0.15, 0.2) is 36.4 Å². The number of benzene rings is 2. The van der Waals surface area contributed by atoms with Gasteiger partial charge >= 0.3 is 0 Å². The fourth-order valence-electron chi connectivity index (χ4n) is 2.80. The molecule has 27 heavy (non-hydrogen) atoms. The number of halogens is 4. The molecule has 0 aromatic heterocycles. The Kier molecular flexibility index (Phi) is 6.39. The molecule has 1 heterocycles. The Labute approximate surface area is 165 Å². The van der Waals surface area contributed by atoms with Gasteiger partial charge in [0.1, 0.15) is 17.7 Å². The standard InChI is InChI=1S/C19H17Cl2F2NO3/c20-12-1-3-17(15(21)9-12)26-11-19(25)24-7-5-14(6-8-24)27-18-4-2-13(22)10-16(18)23/h1-4,9-10,14H,5-8,11H2. The van der Waals surface area contributed by atoms with E-state index in [1.165, 1.54) is 6.07 Å². The van der Waals surface area contributed by atoms with Gasteiger partial charge in [-0.3, -0.25) is 4.79 Å². The molecular formula is C19H17Cl2F2NO3. The van der Waals surface area contributed by atoms with E-state index in [1.54, 1.807) is 23.1 Å². The number of likely N-dealkylation sites (tertiary alicyclic amines) is 1. The van der Waals surface area contributed by atoms with Crippen LogP contribution in [-0.2, 0) is 4.79 Å². The fraction of sp³-hybridized carbons (Fsp3) is 0.316. The fourth-order valence-corrected chi connectivity index (χ4v) is 3.26. The van der Waals surface area contributed by atoms with Gasteiger partial charge in [-0.15, -0.1) is 0 Å². The maximum absolute atomic E-state index is 13.7. The molecule has 2 aromatic rings. The van der Waals surface area contributed by atoms with Crippen LogP contribution in [0.3, 0.4) is 0 Å². The summed E-state index contributed by atoms with van der Waals surface area (Å²) in [5.41, 5.74) is 0. The van der Waals surface area contributed by atoms with E-state index >= 15 is 0 Å². The summed E-state index contributed by atoms with van der Waals surface area (Å²) in [6.07, 6.45) is 0.856. The van der Waals surface area contributed by atoms with Crippen molar-refractivity contribution < 1.29 is 23.0 Å². The molecule has 0 spiro atoms. The van der Waals surface area contributed by atoms with E-state index in [0.29, 0.717) is 41.7 Å². The normalized spacial score (nSPS) is 14.9. The SMILES string of the molecule is O=C(COc1ccc(Cl)cc1Cl)N1CCC(Oc2ccc(F)cc2F)CC1. The zero-order chi connectivity index (χ0) is 19.4. The zero-order valence-electron chi connectivity index (χ0n) is 14.3. The summed E-state index contributed by atoms with van der Waals surface area (Å²) in [6, 6.07) is 7.98. The molecule has 3 rings (SSSR count). The highest BCUT2D eigenvalue weighted by Crippen LogP contribution is 2.28. The molecule has 1 aliphatic heterocycles. The summed E-state index contributed by atoms with van der Waals surface area (Å²) in [5.74, 6) is -1.16. The topological polar surface area (TPSA) is 38.8 Å². The van der Waals surface area contributed by atoms with Gasteiger partial charge < -0.3 is 14.4 Å².